The molecule has 2 amide bonds. The molecule has 8 heteroatoms. The van der Waals surface area contributed by atoms with E-state index in [4.69, 9.17) is 0 Å². The Kier molecular flexibility index (Phi) is 9.81. The van der Waals surface area contributed by atoms with E-state index in [2.05, 4.69) is 10.6 Å². The number of carbonyl (C=O) groups excluding carboxylic acids is 2. The van der Waals surface area contributed by atoms with Crippen LogP contribution in [0.15, 0.2) is 95.8 Å². The fourth-order valence-corrected chi connectivity index (χ4v) is 4.53. The molecule has 1 heterocycles. The maximum Gasteiger partial charge on any atom is 0.331 e. The number of amides is 2. The van der Waals surface area contributed by atoms with Crippen LogP contribution in [0, 0.1) is 12.7 Å². The second-order valence-corrected chi connectivity index (χ2v) is 9.98. The number of aromatic nitrogens is 1. The third kappa shape index (κ3) is 7.35. The number of anilines is 1. The minimum atomic E-state index is -0.643. The van der Waals surface area contributed by atoms with E-state index < -0.39 is 29.4 Å². The van der Waals surface area contributed by atoms with Crippen molar-refractivity contribution in [2.75, 3.05) is 25.5 Å². The summed E-state index contributed by atoms with van der Waals surface area (Å²) < 4.78 is 14.9. The predicted octanol–water partition coefficient (Wildman–Crippen LogP) is 5.26. The van der Waals surface area contributed by atoms with Crippen LogP contribution in [0.3, 0.4) is 0 Å². The van der Waals surface area contributed by atoms with Gasteiger partial charge in [-0.3, -0.25) is 9.59 Å². The number of rotatable bonds is 10. The lowest BCUT2D eigenvalue weighted by Crippen LogP contribution is -2.44. The molecule has 1 atom stereocenters. The molecule has 0 aliphatic carbocycles. The van der Waals surface area contributed by atoms with Crippen LogP contribution in [0.25, 0.3) is 11.3 Å². The van der Waals surface area contributed by atoms with Gasteiger partial charge in [-0.25, -0.2) is 13.8 Å². The summed E-state index contributed by atoms with van der Waals surface area (Å²) in [5.74, 6) is -0.825. The van der Waals surface area contributed by atoms with Gasteiger partial charge in [0.2, 0.25) is 5.91 Å². The number of hydrogen-bond donors (Lipinski definition) is 2. The Balaban J connectivity index is 1.78. The van der Waals surface area contributed by atoms with Gasteiger partial charge in [-0.2, -0.15) is 0 Å². The summed E-state index contributed by atoms with van der Waals surface area (Å²) >= 11 is 0. The highest BCUT2D eigenvalue weighted by Gasteiger charge is 2.25. The summed E-state index contributed by atoms with van der Waals surface area (Å²) in [6.07, 6.45) is 1.19. The quantitative estimate of drug-likeness (QED) is 0.280. The zero-order valence-corrected chi connectivity index (χ0v) is 23.6. The van der Waals surface area contributed by atoms with Crippen LogP contribution in [0.5, 0.6) is 0 Å². The number of nitrogens with one attached hydrogen (secondary N) is 2. The standard InChI is InChI=1S/C33H35FN4O3/c1-23-22-29(27-14-16-28(34)17-15-27)38(32(40)30(23)36-31(39)24(2)35-3)33(41)37(20-18-25-10-6-4-7-11-25)21-19-26-12-8-5-9-13-26/h4-17,22,24,35H,18-21H2,1-3H3,(H,36,39). The lowest BCUT2D eigenvalue weighted by Gasteiger charge is -2.26. The molecule has 4 aromatic rings. The highest BCUT2D eigenvalue weighted by Crippen LogP contribution is 2.24. The third-order valence-electron chi connectivity index (χ3n) is 7.11. The fourth-order valence-electron chi connectivity index (χ4n) is 4.53. The summed E-state index contributed by atoms with van der Waals surface area (Å²) in [6, 6.07) is 25.9. The van der Waals surface area contributed by atoms with Crippen LogP contribution < -0.4 is 16.2 Å². The van der Waals surface area contributed by atoms with Gasteiger partial charge in [0.05, 0.1) is 11.7 Å². The van der Waals surface area contributed by atoms with E-state index in [0.717, 1.165) is 15.7 Å². The van der Waals surface area contributed by atoms with Crippen molar-refractivity contribution in [2.24, 2.45) is 0 Å². The maximum atomic E-state index is 14.3. The van der Waals surface area contributed by atoms with E-state index in [1.807, 2.05) is 60.7 Å². The van der Waals surface area contributed by atoms with Crippen LogP contribution in [0.1, 0.15) is 23.6 Å². The van der Waals surface area contributed by atoms with E-state index in [9.17, 15) is 18.8 Å². The van der Waals surface area contributed by atoms with Crippen LogP contribution in [-0.4, -0.2) is 47.6 Å². The molecule has 0 spiro atoms. The van der Waals surface area contributed by atoms with Gasteiger partial charge in [0.1, 0.15) is 11.5 Å². The first kappa shape index (κ1) is 29.4. The molecule has 4 rings (SSSR count). The van der Waals surface area contributed by atoms with Crippen LogP contribution in [-0.2, 0) is 17.6 Å². The third-order valence-corrected chi connectivity index (χ3v) is 7.11. The average Bonchev–Trinajstić information content (AvgIpc) is 2.99. The van der Waals surface area contributed by atoms with Crippen molar-refractivity contribution in [2.45, 2.75) is 32.7 Å². The molecule has 1 aromatic heterocycles. The second kappa shape index (κ2) is 13.7. The molecular weight excluding hydrogens is 519 g/mol. The average molecular weight is 555 g/mol. The molecule has 0 fully saturated rings. The van der Waals surface area contributed by atoms with Gasteiger partial charge in [0, 0.05) is 13.1 Å². The van der Waals surface area contributed by atoms with E-state index in [1.54, 1.807) is 31.9 Å². The summed E-state index contributed by atoms with van der Waals surface area (Å²) in [5, 5.41) is 5.56. The van der Waals surface area contributed by atoms with Crippen LogP contribution in [0.2, 0.25) is 0 Å². The zero-order chi connectivity index (χ0) is 29.4. The predicted molar refractivity (Wildman–Crippen MR) is 161 cm³/mol. The Bertz CT molecular complexity index is 1490. The van der Waals surface area contributed by atoms with Gasteiger partial charge in [0.25, 0.3) is 5.56 Å². The minimum absolute atomic E-state index is 0.0300. The highest BCUT2D eigenvalue weighted by molar-refractivity contribution is 5.96. The Morgan fingerprint density at radius 3 is 1.93 bits per heavy atom. The maximum absolute atomic E-state index is 14.3. The number of carbonyl (C=O) groups is 2. The van der Waals surface area contributed by atoms with E-state index in [0.29, 0.717) is 42.8 Å². The monoisotopic (exact) mass is 554 g/mol. The van der Waals surface area contributed by atoms with Gasteiger partial charge >= 0.3 is 6.03 Å². The largest absolute Gasteiger partial charge is 0.331 e. The van der Waals surface area contributed by atoms with Gasteiger partial charge in [-0.15, -0.1) is 0 Å². The highest BCUT2D eigenvalue weighted by atomic mass is 19.1. The SMILES string of the molecule is CNC(C)C(=O)Nc1c(C)cc(-c2ccc(F)cc2)n(C(=O)N(CCc2ccccc2)CCc2ccccc2)c1=O. The Hall–Kier alpha value is -4.56. The number of hydrogen-bond acceptors (Lipinski definition) is 4. The topological polar surface area (TPSA) is 83.4 Å². The molecule has 0 aliphatic rings. The van der Waals surface area contributed by atoms with Gasteiger partial charge in [0.15, 0.2) is 0 Å². The van der Waals surface area contributed by atoms with Crippen molar-refractivity contribution in [3.8, 4) is 11.3 Å². The van der Waals surface area contributed by atoms with E-state index >= 15 is 0 Å². The molecule has 0 radical (unpaired) electrons. The molecule has 0 bridgehead atoms. The Morgan fingerprint density at radius 2 is 1.41 bits per heavy atom. The van der Waals surface area contributed by atoms with Gasteiger partial charge in [-0.05, 0) is 86.3 Å². The lowest BCUT2D eigenvalue weighted by atomic mass is 10.1. The van der Waals surface area contributed by atoms with Crippen molar-refractivity contribution >= 4 is 17.6 Å². The summed E-state index contributed by atoms with van der Waals surface area (Å²) in [6.45, 7) is 4.12. The van der Waals surface area contributed by atoms with Crippen LogP contribution >= 0.6 is 0 Å². The number of benzene rings is 3. The Morgan fingerprint density at radius 1 is 0.878 bits per heavy atom. The van der Waals surface area contributed by atoms with Crippen molar-refractivity contribution in [1.29, 1.82) is 0 Å². The number of halogens is 1. The number of likely N-dealkylation sites (N-methyl/N-ethyl adjacent to an activating group) is 1. The van der Waals surface area contributed by atoms with Crippen molar-refractivity contribution in [3.63, 3.8) is 0 Å². The van der Waals surface area contributed by atoms with Crippen molar-refractivity contribution in [1.82, 2.24) is 14.8 Å². The molecule has 212 valence electrons. The molecule has 1 unspecified atom stereocenters. The first-order valence-corrected chi connectivity index (χ1v) is 13.7. The first-order valence-electron chi connectivity index (χ1n) is 13.7. The number of pyridine rings is 1. The lowest BCUT2D eigenvalue weighted by molar-refractivity contribution is -0.117. The second-order valence-electron chi connectivity index (χ2n) is 9.98. The minimum Gasteiger partial charge on any atom is -0.323 e. The summed E-state index contributed by atoms with van der Waals surface area (Å²) in [5.41, 5.74) is 2.84. The number of aryl methyl sites for hydroxylation is 1. The molecule has 41 heavy (non-hydrogen) atoms. The molecule has 7 nitrogen and oxygen atoms in total. The fraction of sp³-hybridized carbons (Fsp3) is 0.242. The molecule has 2 N–H and O–H groups in total. The van der Waals surface area contributed by atoms with Crippen molar-refractivity contribution < 1.29 is 14.0 Å². The normalized spacial score (nSPS) is 11.6. The van der Waals surface area contributed by atoms with E-state index in [-0.39, 0.29) is 5.69 Å². The molecule has 3 aromatic carbocycles. The first-order chi connectivity index (χ1) is 19.8. The number of nitrogens with zero attached hydrogens (tertiary/aromatic N) is 2. The zero-order valence-electron chi connectivity index (χ0n) is 23.6. The molecule has 0 saturated carbocycles. The summed E-state index contributed by atoms with van der Waals surface area (Å²) in [4.78, 5) is 42.7. The van der Waals surface area contributed by atoms with Crippen molar-refractivity contribution in [3.05, 3.63) is 124 Å². The summed E-state index contributed by atoms with van der Waals surface area (Å²) in [7, 11) is 1.65. The molecular formula is C33H35FN4O3. The van der Waals surface area contributed by atoms with Gasteiger partial charge < -0.3 is 15.5 Å². The smallest absolute Gasteiger partial charge is 0.323 e. The van der Waals surface area contributed by atoms with Crippen LogP contribution in [0.4, 0.5) is 14.9 Å². The Labute approximate surface area is 239 Å². The molecule has 0 saturated heterocycles. The van der Waals surface area contributed by atoms with Gasteiger partial charge in [-0.1, -0.05) is 60.7 Å². The van der Waals surface area contributed by atoms with E-state index in [1.165, 1.54) is 24.3 Å². The molecule has 0 aliphatic heterocycles.